The van der Waals surface area contributed by atoms with Gasteiger partial charge >= 0.3 is 5.97 Å². The number of nitrogens with one attached hydrogen (secondary N) is 1. The minimum atomic E-state index is -0.183. The van der Waals surface area contributed by atoms with E-state index in [1.165, 1.54) is 12.7 Å². The zero-order chi connectivity index (χ0) is 12.7. The predicted octanol–water partition coefficient (Wildman–Crippen LogP) is 1.33. The number of nitrogens with zero attached hydrogens (tertiary/aromatic N) is 1. The molecule has 0 bridgehead atoms. The SMILES string of the molecule is COC(=O)CCN[N+](C)(C)Cc1ccccc1. The van der Waals surface area contributed by atoms with Crippen LogP contribution in [0.5, 0.6) is 0 Å². The Balaban J connectivity index is 2.38. The fourth-order valence-electron chi connectivity index (χ4n) is 1.66. The number of esters is 1. The molecule has 0 heterocycles. The van der Waals surface area contributed by atoms with Crippen molar-refractivity contribution in [2.24, 2.45) is 0 Å². The Morgan fingerprint density at radius 2 is 1.94 bits per heavy atom. The Morgan fingerprint density at radius 3 is 2.53 bits per heavy atom. The van der Waals surface area contributed by atoms with E-state index in [0.717, 1.165) is 6.54 Å². The van der Waals surface area contributed by atoms with Gasteiger partial charge in [-0.1, -0.05) is 30.3 Å². The molecule has 1 aromatic carbocycles. The first-order valence-electron chi connectivity index (χ1n) is 5.72. The van der Waals surface area contributed by atoms with Gasteiger partial charge in [-0.3, -0.25) is 4.79 Å². The highest BCUT2D eigenvalue weighted by Gasteiger charge is 2.15. The minimum absolute atomic E-state index is 0.183. The van der Waals surface area contributed by atoms with Crippen LogP contribution in [0.15, 0.2) is 30.3 Å². The largest absolute Gasteiger partial charge is 0.469 e. The molecule has 0 saturated heterocycles. The second kappa shape index (κ2) is 6.37. The number of carbonyl (C=O) groups excluding carboxylic acids is 1. The first-order chi connectivity index (χ1) is 8.03. The summed E-state index contributed by atoms with van der Waals surface area (Å²) in [5.74, 6) is -0.183. The van der Waals surface area contributed by atoms with Gasteiger partial charge < -0.3 is 4.74 Å². The Bertz CT molecular complexity index is 350. The van der Waals surface area contributed by atoms with Gasteiger partial charge in [-0.2, -0.15) is 5.43 Å². The highest BCUT2D eigenvalue weighted by molar-refractivity contribution is 5.69. The number of hydrogen-bond acceptors (Lipinski definition) is 3. The molecule has 1 N–H and O–H groups in total. The van der Waals surface area contributed by atoms with Crippen LogP contribution in [0.1, 0.15) is 12.0 Å². The minimum Gasteiger partial charge on any atom is -0.469 e. The van der Waals surface area contributed by atoms with Crippen LogP contribution in [0, 0.1) is 0 Å². The summed E-state index contributed by atoms with van der Waals surface area (Å²) in [6.07, 6.45) is 0.396. The molecule has 0 aliphatic heterocycles. The van der Waals surface area contributed by atoms with Crippen LogP contribution in [-0.4, -0.2) is 38.3 Å². The quantitative estimate of drug-likeness (QED) is 0.461. The summed E-state index contributed by atoms with van der Waals surface area (Å²) in [5.41, 5.74) is 4.58. The molecule has 1 aromatic rings. The highest BCUT2D eigenvalue weighted by Crippen LogP contribution is 2.05. The van der Waals surface area contributed by atoms with Crippen molar-refractivity contribution in [1.29, 1.82) is 0 Å². The molecular weight excluding hydrogens is 216 g/mol. The van der Waals surface area contributed by atoms with Crippen molar-refractivity contribution in [1.82, 2.24) is 5.43 Å². The van der Waals surface area contributed by atoms with Gasteiger partial charge in [-0.25, -0.2) is 4.59 Å². The number of benzene rings is 1. The van der Waals surface area contributed by atoms with E-state index in [-0.39, 0.29) is 5.97 Å². The maximum Gasteiger partial charge on any atom is 0.307 e. The van der Waals surface area contributed by atoms with Gasteiger partial charge in [-0.05, 0) is 0 Å². The van der Waals surface area contributed by atoms with Crippen molar-refractivity contribution >= 4 is 5.97 Å². The average Bonchev–Trinajstić information content (AvgIpc) is 2.29. The van der Waals surface area contributed by atoms with Crippen LogP contribution in [0.25, 0.3) is 0 Å². The van der Waals surface area contributed by atoms with Gasteiger partial charge in [0, 0.05) is 5.56 Å². The van der Waals surface area contributed by atoms with Gasteiger partial charge in [0.05, 0.1) is 34.2 Å². The van der Waals surface area contributed by atoms with Crippen molar-refractivity contribution < 1.29 is 14.1 Å². The zero-order valence-corrected chi connectivity index (χ0v) is 10.8. The lowest BCUT2D eigenvalue weighted by molar-refractivity contribution is -0.946. The van der Waals surface area contributed by atoms with Crippen LogP contribution in [0.4, 0.5) is 0 Å². The number of carbonyl (C=O) groups is 1. The van der Waals surface area contributed by atoms with Gasteiger partial charge in [0.1, 0.15) is 6.54 Å². The summed E-state index contributed by atoms with van der Waals surface area (Å²) >= 11 is 0. The summed E-state index contributed by atoms with van der Waals surface area (Å²) in [6.45, 7) is 1.49. The van der Waals surface area contributed by atoms with E-state index >= 15 is 0 Å². The Morgan fingerprint density at radius 1 is 1.29 bits per heavy atom. The summed E-state index contributed by atoms with van der Waals surface area (Å²) in [6, 6.07) is 10.3. The molecule has 94 valence electrons. The van der Waals surface area contributed by atoms with Crippen LogP contribution in [-0.2, 0) is 16.1 Å². The standard InChI is InChI=1S/C13H21N2O2/c1-15(2,14-10-9-13(16)17-3)11-12-7-5-4-6-8-12/h4-8,14H,9-11H2,1-3H3/q+1. The monoisotopic (exact) mass is 237 g/mol. The number of quaternary nitrogens is 1. The van der Waals surface area contributed by atoms with Gasteiger partial charge in [0.25, 0.3) is 0 Å². The van der Waals surface area contributed by atoms with Crippen molar-refractivity contribution in [3.05, 3.63) is 35.9 Å². The van der Waals surface area contributed by atoms with E-state index in [1.54, 1.807) is 0 Å². The number of methoxy groups -OCH3 is 1. The lowest BCUT2D eigenvalue weighted by atomic mass is 10.2. The van der Waals surface area contributed by atoms with Crippen molar-refractivity contribution in [3.8, 4) is 0 Å². The van der Waals surface area contributed by atoms with E-state index in [4.69, 9.17) is 0 Å². The molecule has 0 aromatic heterocycles. The maximum atomic E-state index is 11.0. The third-order valence-corrected chi connectivity index (χ3v) is 2.52. The fourth-order valence-corrected chi connectivity index (χ4v) is 1.66. The summed E-state index contributed by atoms with van der Waals surface area (Å²) in [5, 5.41) is 0. The number of ether oxygens (including phenoxy) is 1. The van der Waals surface area contributed by atoms with Crippen molar-refractivity contribution in [2.75, 3.05) is 27.7 Å². The smallest absolute Gasteiger partial charge is 0.307 e. The molecule has 4 nitrogen and oxygen atoms in total. The first-order valence-corrected chi connectivity index (χ1v) is 5.72. The Hall–Kier alpha value is -1.39. The normalized spacial score (nSPS) is 11.2. The molecule has 0 unspecified atom stereocenters. The zero-order valence-electron chi connectivity index (χ0n) is 10.8. The Labute approximate surface area is 103 Å². The highest BCUT2D eigenvalue weighted by atomic mass is 16.5. The molecule has 4 heteroatoms. The molecule has 1 rings (SSSR count). The first kappa shape index (κ1) is 13.7. The van der Waals surface area contributed by atoms with Crippen LogP contribution in [0.2, 0.25) is 0 Å². The molecule has 0 fully saturated rings. The van der Waals surface area contributed by atoms with Gasteiger partial charge in [0.15, 0.2) is 0 Å². The summed E-state index contributed by atoms with van der Waals surface area (Å²) in [7, 11) is 5.56. The average molecular weight is 237 g/mol. The van der Waals surface area contributed by atoms with Crippen LogP contribution < -0.4 is 5.43 Å². The molecule has 0 aliphatic carbocycles. The van der Waals surface area contributed by atoms with Crippen LogP contribution >= 0.6 is 0 Å². The Kier molecular flexibility index (Phi) is 5.12. The van der Waals surface area contributed by atoms with E-state index in [2.05, 4.69) is 36.4 Å². The molecule has 0 spiro atoms. The second-order valence-electron chi connectivity index (χ2n) is 4.56. The molecule has 17 heavy (non-hydrogen) atoms. The molecule has 0 aliphatic rings. The van der Waals surface area contributed by atoms with Gasteiger partial charge in [-0.15, -0.1) is 0 Å². The molecule has 0 amide bonds. The third kappa shape index (κ3) is 5.47. The summed E-state index contributed by atoms with van der Waals surface area (Å²) in [4.78, 5) is 11.0. The number of rotatable bonds is 6. The van der Waals surface area contributed by atoms with E-state index in [1.807, 2.05) is 18.2 Å². The molecule has 0 radical (unpaired) electrons. The topological polar surface area (TPSA) is 38.3 Å². The van der Waals surface area contributed by atoms with Crippen LogP contribution in [0.3, 0.4) is 0 Å². The third-order valence-electron chi connectivity index (χ3n) is 2.52. The second-order valence-corrected chi connectivity index (χ2v) is 4.56. The predicted molar refractivity (Wildman–Crippen MR) is 66.9 cm³/mol. The van der Waals surface area contributed by atoms with Gasteiger partial charge in [0.2, 0.25) is 0 Å². The molecular formula is C13H21N2O2+. The van der Waals surface area contributed by atoms with Crippen molar-refractivity contribution in [3.63, 3.8) is 0 Å². The number of hydrogen-bond donors (Lipinski definition) is 1. The van der Waals surface area contributed by atoms with E-state index < -0.39 is 0 Å². The fraction of sp³-hybridized carbons (Fsp3) is 0.462. The van der Waals surface area contributed by atoms with Crippen molar-refractivity contribution in [2.45, 2.75) is 13.0 Å². The van der Waals surface area contributed by atoms with E-state index in [9.17, 15) is 4.79 Å². The molecule has 0 atom stereocenters. The maximum absolute atomic E-state index is 11.0. The lowest BCUT2D eigenvalue weighted by Crippen LogP contribution is -2.51. The van der Waals surface area contributed by atoms with E-state index in [0.29, 0.717) is 17.6 Å². The molecule has 0 saturated carbocycles. The summed E-state index contributed by atoms with van der Waals surface area (Å²) < 4.78 is 5.24. The lowest BCUT2D eigenvalue weighted by Gasteiger charge is -2.29.